The molecule has 5 rings (SSSR count). The number of nitrogens with zero attached hydrogens (tertiary/aromatic N) is 3. The molecule has 0 saturated carbocycles. The molecule has 1 aromatic heterocycles. The summed E-state index contributed by atoms with van der Waals surface area (Å²) in [5, 5.41) is 10.3. The minimum absolute atomic E-state index is 0.266. The first-order valence-electron chi connectivity index (χ1n) is 12.0. The van der Waals surface area contributed by atoms with Crippen LogP contribution >= 0.6 is 0 Å². The largest absolute Gasteiger partial charge is 0.325 e. The predicted molar refractivity (Wildman–Crippen MR) is 140 cm³/mol. The van der Waals surface area contributed by atoms with Gasteiger partial charge in [0.1, 0.15) is 6.54 Å². The number of rotatable bonds is 7. The highest BCUT2D eigenvalue weighted by atomic mass is 16.2. The number of urea groups is 1. The van der Waals surface area contributed by atoms with Gasteiger partial charge < -0.3 is 10.6 Å². The molecule has 8 heteroatoms. The first-order valence-corrected chi connectivity index (χ1v) is 12.0. The van der Waals surface area contributed by atoms with E-state index in [2.05, 4.69) is 15.7 Å². The van der Waals surface area contributed by atoms with Gasteiger partial charge in [0.25, 0.3) is 5.91 Å². The molecule has 2 N–H and O–H groups in total. The Balaban J connectivity index is 1.39. The van der Waals surface area contributed by atoms with Crippen LogP contribution in [0, 0.1) is 13.8 Å². The van der Waals surface area contributed by atoms with Gasteiger partial charge in [-0.2, -0.15) is 5.10 Å². The molecule has 1 atom stereocenters. The SMILES string of the molecule is Cc1nn(-c2ccccc2)c(C)c1NC(=O)CN1C(=O)N[C@](Cc2ccccc2)(c2ccccc2)C1=O. The summed E-state index contributed by atoms with van der Waals surface area (Å²) in [7, 11) is 0. The fourth-order valence-corrected chi connectivity index (χ4v) is 4.78. The standard InChI is InChI=1S/C29H27N5O3/c1-20-26(21(2)34(32-20)24-16-10-5-11-17-24)30-25(35)19-33-27(36)29(31-28(33)37,23-14-8-4-9-15-23)18-22-12-6-3-7-13-22/h3-17H,18-19H2,1-2H3,(H,30,35)(H,31,37)/t29-/m1/s1. The van der Waals surface area contributed by atoms with Crippen molar-refractivity contribution in [3.63, 3.8) is 0 Å². The maximum atomic E-state index is 13.8. The lowest BCUT2D eigenvalue weighted by molar-refractivity contribution is -0.134. The summed E-state index contributed by atoms with van der Waals surface area (Å²) in [5.74, 6) is -0.943. The molecule has 1 fully saturated rings. The summed E-state index contributed by atoms with van der Waals surface area (Å²) < 4.78 is 1.75. The molecule has 0 radical (unpaired) electrons. The summed E-state index contributed by atoms with van der Waals surface area (Å²) in [6.45, 7) is 3.25. The maximum Gasteiger partial charge on any atom is 0.325 e. The van der Waals surface area contributed by atoms with Crippen molar-refractivity contribution in [3.05, 3.63) is 114 Å². The van der Waals surface area contributed by atoms with Gasteiger partial charge in [0.2, 0.25) is 5.91 Å². The highest BCUT2D eigenvalue weighted by Crippen LogP contribution is 2.33. The Bertz CT molecular complexity index is 1450. The molecule has 4 aromatic rings. The topological polar surface area (TPSA) is 96.3 Å². The van der Waals surface area contributed by atoms with Gasteiger partial charge in [0.15, 0.2) is 5.54 Å². The smallest absolute Gasteiger partial charge is 0.321 e. The molecule has 4 amide bonds. The molecule has 1 aliphatic heterocycles. The Kier molecular flexibility index (Phi) is 6.31. The zero-order valence-electron chi connectivity index (χ0n) is 20.6. The number of para-hydroxylation sites is 1. The van der Waals surface area contributed by atoms with Crippen LogP contribution in [0.5, 0.6) is 0 Å². The van der Waals surface area contributed by atoms with Crippen molar-refractivity contribution in [2.75, 3.05) is 11.9 Å². The van der Waals surface area contributed by atoms with Crippen LogP contribution in [0.25, 0.3) is 5.69 Å². The van der Waals surface area contributed by atoms with Crippen molar-refractivity contribution in [2.24, 2.45) is 0 Å². The molecule has 1 aliphatic rings. The van der Waals surface area contributed by atoms with Crippen LogP contribution in [-0.2, 0) is 21.5 Å². The first kappa shape index (κ1) is 24.0. The minimum atomic E-state index is -1.30. The first-order chi connectivity index (χ1) is 17.9. The van der Waals surface area contributed by atoms with Crippen LogP contribution in [0.2, 0.25) is 0 Å². The molecule has 0 aliphatic carbocycles. The number of nitrogens with one attached hydrogen (secondary N) is 2. The van der Waals surface area contributed by atoms with Gasteiger partial charge in [-0.3, -0.25) is 14.5 Å². The third-order valence-electron chi connectivity index (χ3n) is 6.61. The van der Waals surface area contributed by atoms with Crippen molar-refractivity contribution in [1.82, 2.24) is 20.0 Å². The van der Waals surface area contributed by atoms with Crippen LogP contribution in [0.1, 0.15) is 22.5 Å². The predicted octanol–water partition coefficient (Wildman–Crippen LogP) is 4.12. The van der Waals surface area contributed by atoms with Gasteiger partial charge in [-0.15, -0.1) is 0 Å². The number of hydrogen-bond acceptors (Lipinski definition) is 4. The molecular formula is C29H27N5O3. The van der Waals surface area contributed by atoms with Gasteiger partial charge in [0, 0.05) is 6.42 Å². The second-order valence-corrected chi connectivity index (χ2v) is 9.10. The third kappa shape index (κ3) is 4.49. The molecule has 1 saturated heterocycles. The molecule has 0 bridgehead atoms. The van der Waals surface area contributed by atoms with Gasteiger partial charge in [-0.05, 0) is 37.1 Å². The molecule has 3 aromatic carbocycles. The monoisotopic (exact) mass is 493 g/mol. The Morgan fingerprint density at radius 3 is 2.14 bits per heavy atom. The molecule has 8 nitrogen and oxygen atoms in total. The Morgan fingerprint density at radius 1 is 0.892 bits per heavy atom. The summed E-state index contributed by atoms with van der Waals surface area (Å²) >= 11 is 0. The molecule has 186 valence electrons. The van der Waals surface area contributed by atoms with Crippen molar-refractivity contribution in [1.29, 1.82) is 0 Å². The van der Waals surface area contributed by atoms with E-state index in [9.17, 15) is 14.4 Å². The Morgan fingerprint density at radius 2 is 1.49 bits per heavy atom. The maximum absolute atomic E-state index is 13.8. The van der Waals surface area contributed by atoms with Crippen molar-refractivity contribution >= 4 is 23.5 Å². The normalized spacial score (nSPS) is 17.1. The fraction of sp³-hybridized carbons (Fsp3) is 0.172. The summed E-state index contributed by atoms with van der Waals surface area (Å²) in [6, 6.07) is 27.6. The molecule has 2 heterocycles. The fourth-order valence-electron chi connectivity index (χ4n) is 4.78. The molecular weight excluding hydrogens is 466 g/mol. The van der Waals surface area contributed by atoms with Crippen LogP contribution in [0.15, 0.2) is 91.0 Å². The minimum Gasteiger partial charge on any atom is -0.321 e. The number of amides is 4. The quantitative estimate of drug-likeness (QED) is 0.379. The van der Waals surface area contributed by atoms with Crippen LogP contribution in [0.3, 0.4) is 0 Å². The number of aryl methyl sites for hydroxylation is 1. The van der Waals surface area contributed by atoms with Gasteiger partial charge >= 0.3 is 6.03 Å². The van der Waals surface area contributed by atoms with E-state index in [-0.39, 0.29) is 6.42 Å². The Labute approximate surface area is 214 Å². The number of benzene rings is 3. The van der Waals surface area contributed by atoms with E-state index in [0.29, 0.717) is 16.9 Å². The highest BCUT2D eigenvalue weighted by molar-refractivity contribution is 6.10. The molecule has 0 spiro atoms. The van der Waals surface area contributed by atoms with Gasteiger partial charge in [0.05, 0.1) is 22.8 Å². The Hall–Kier alpha value is -4.72. The van der Waals surface area contributed by atoms with Gasteiger partial charge in [-0.1, -0.05) is 78.9 Å². The molecule has 0 unspecified atom stereocenters. The number of carbonyl (C=O) groups excluding carboxylic acids is 3. The second kappa shape index (κ2) is 9.73. The lowest BCUT2D eigenvalue weighted by Crippen LogP contribution is -2.46. The second-order valence-electron chi connectivity index (χ2n) is 9.10. The summed E-state index contributed by atoms with van der Waals surface area (Å²) in [4.78, 5) is 40.9. The zero-order valence-corrected chi connectivity index (χ0v) is 20.6. The zero-order chi connectivity index (χ0) is 26.0. The summed E-state index contributed by atoms with van der Waals surface area (Å²) in [5.41, 5.74) is 3.06. The molecule has 37 heavy (non-hydrogen) atoms. The average Bonchev–Trinajstić information content (AvgIpc) is 3.33. The van der Waals surface area contributed by atoms with Crippen molar-refractivity contribution in [2.45, 2.75) is 25.8 Å². The summed E-state index contributed by atoms with van der Waals surface area (Å²) in [6.07, 6.45) is 0.266. The van der Waals surface area contributed by atoms with E-state index in [1.165, 1.54) is 0 Å². The van der Waals surface area contributed by atoms with E-state index < -0.39 is 29.9 Å². The number of hydrogen-bond donors (Lipinski definition) is 2. The number of aromatic nitrogens is 2. The average molecular weight is 494 g/mol. The van der Waals surface area contributed by atoms with Crippen LogP contribution in [0.4, 0.5) is 10.5 Å². The van der Waals surface area contributed by atoms with E-state index in [1.54, 1.807) is 11.6 Å². The highest BCUT2D eigenvalue weighted by Gasteiger charge is 2.52. The van der Waals surface area contributed by atoms with Crippen LogP contribution < -0.4 is 10.6 Å². The third-order valence-corrected chi connectivity index (χ3v) is 6.61. The number of carbonyl (C=O) groups is 3. The lowest BCUT2D eigenvalue weighted by atomic mass is 9.83. The lowest BCUT2D eigenvalue weighted by Gasteiger charge is -2.27. The van der Waals surface area contributed by atoms with Crippen molar-refractivity contribution < 1.29 is 14.4 Å². The van der Waals surface area contributed by atoms with E-state index in [4.69, 9.17) is 0 Å². The van der Waals surface area contributed by atoms with E-state index in [1.807, 2.05) is 97.9 Å². The van der Waals surface area contributed by atoms with Crippen molar-refractivity contribution in [3.8, 4) is 5.69 Å². The number of anilines is 1. The number of imide groups is 1. The van der Waals surface area contributed by atoms with Crippen LogP contribution in [-0.4, -0.2) is 39.1 Å². The van der Waals surface area contributed by atoms with E-state index >= 15 is 0 Å². The van der Waals surface area contributed by atoms with Gasteiger partial charge in [-0.25, -0.2) is 9.48 Å². The van der Waals surface area contributed by atoms with E-state index in [0.717, 1.165) is 21.8 Å².